The molecular weight excluding hydrogens is 352 g/mol. The van der Waals surface area contributed by atoms with Gasteiger partial charge in [-0.25, -0.2) is 4.79 Å². The molecule has 150 valence electrons. The van der Waals surface area contributed by atoms with E-state index in [1.807, 2.05) is 12.1 Å². The molecule has 28 heavy (non-hydrogen) atoms. The molecule has 0 amide bonds. The summed E-state index contributed by atoms with van der Waals surface area (Å²) in [6, 6.07) is 8.72. The maximum absolute atomic E-state index is 11.3. The van der Waals surface area contributed by atoms with Gasteiger partial charge in [0, 0.05) is 17.5 Å². The van der Waals surface area contributed by atoms with E-state index in [0.717, 1.165) is 31.1 Å². The Morgan fingerprint density at radius 2 is 1.82 bits per heavy atom. The number of ether oxygens (including phenoxy) is 2. The summed E-state index contributed by atoms with van der Waals surface area (Å²) in [5.74, 6) is 0.701. The van der Waals surface area contributed by atoms with Gasteiger partial charge in [-0.15, -0.1) is 0 Å². The average Bonchev–Trinajstić information content (AvgIpc) is 3.26. The molecule has 3 rings (SSSR count). The van der Waals surface area contributed by atoms with Crippen LogP contribution in [0.3, 0.4) is 0 Å². The monoisotopic (exact) mass is 382 g/mol. The van der Waals surface area contributed by atoms with E-state index in [1.165, 1.54) is 17.2 Å². The van der Waals surface area contributed by atoms with Gasteiger partial charge in [0.1, 0.15) is 17.9 Å². The predicted molar refractivity (Wildman–Crippen MR) is 113 cm³/mol. The lowest BCUT2D eigenvalue weighted by atomic mass is 10.0. The van der Waals surface area contributed by atoms with E-state index in [9.17, 15) is 4.79 Å². The van der Waals surface area contributed by atoms with Crippen LogP contribution in [0.2, 0.25) is 0 Å². The minimum atomic E-state index is -0.350. The predicted octanol–water partition coefficient (Wildman–Crippen LogP) is 5.80. The van der Waals surface area contributed by atoms with Crippen molar-refractivity contribution in [1.29, 1.82) is 0 Å². The lowest BCUT2D eigenvalue weighted by molar-refractivity contribution is 0.320. The Hall–Kier alpha value is -2.33. The molecule has 1 saturated heterocycles. The summed E-state index contributed by atoms with van der Waals surface area (Å²) >= 11 is 0. The zero-order chi connectivity index (χ0) is 20.1. The Labute approximate surface area is 166 Å². The van der Waals surface area contributed by atoms with Crippen molar-refractivity contribution < 1.29 is 13.9 Å². The second-order valence-electron chi connectivity index (χ2n) is 8.15. The van der Waals surface area contributed by atoms with Gasteiger partial charge < -0.3 is 13.9 Å². The molecule has 0 aliphatic carbocycles. The first-order valence-corrected chi connectivity index (χ1v) is 9.99. The highest BCUT2D eigenvalue weighted by molar-refractivity contribution is 5.77. The van der Waals surface area contributed by atoms with E-state index >= 15 is 0 Å². The van der Waals surface area contributed by atoms with E-state index in [-0.39, 0.29) is 11.2 Å². The zero-order valence-corrected chi connectivity index (χ0v) is 17.3. The molecule has 4 heteroatoms. The van der Waals surface area contributed by atoms with Gasteiger partial charge >= 0.3 is 5.63 Å². The van der Waals surface area contributed by atoms with Gasteiger partial charge in [-0.3, -0.25) is 0 Å². The van der Waals surface area contributed by atoms with Crippen molar-refractivity contribution >= 4 is 11.0 Å². The van der Waals surface area contributed by atoms with E-state index in [2.05, 4.69) is 39.8 Å². The lowest BCUT2D eigenvalue weighted by Crippen LogP contribution is -2.02. The second-order valence-corrected chi connectivity index (χ2v) is 8.15. The number of rotatable bonds is 9. The summed E-state index contributed by atoms with van der Waals surface area (Å²) in [5.41, 5.74) is 3.04. The van der Waals surface area contributed by atoms with Crippen molar-refractivity contribution in [2.75, 3.05) is 6.61 Å². The molecule has 1 atom stereocenters. The molecular formula is C24H30O4. The molecule has 1 aromatic heterocycles. The van der Waals surface area contributed by atoms with Crippen LogP contribution in [-0.4, -0.2) is 18.3 Å². The third-order valence-corrected chi connectivity index (χ3v) is 5.27. The van der Waals surface area contributed by atoms with Crippen LogP contribution in [0, 0.1) is 0 Å². The standard InChI is InChI=1S/C24H30O4/c1-17(8-12-22-24(3,4)28-22)6-5-7-18(2)14-15-26-20-11-9-19-10-13-23(25)27-21(19)16-20/h6,9-11,13-14,16,22H,5,7-8,12,15H2,1-4H3/b17-6+,18-14+. The Balaban J connectivity index is 1.40. The third-order valence-electron chi connectivity index (χ3n) is 5.27. The third kappa shape index (κ3) is 5.83. The Kier molecular flexibility index (Phi) is 6.40. The van der Waals surface area contributed by atoms with Gasteiger partial charge in [-0.2, -0.15) is 0 Å². The van der Waals surface area contributed by atoms with Gasteiger partial charge in [-0.1, -0.05) is 17.2 Å². The van der Waals surface area contributed by atoms with Crippen LogP contribution in [0.5, 0.6) is 5.75 Å². The topological polar surface area (TPSA) is 52.0 Å². The molecule has 0 N–H and O–H groups in total. The minimum Gasteiger partial charge on any atom is -0.489 e. The minimum absolute atomic E-state index is 0.0933. The molecule has 0 saturated carbocycles. The maximum atomic E-state index is 11.3. The average molecular weight is 383 g/mol. The van der Waals surface area contributed by atoms with Crippen molar-refractivity contribution in [3.63, 3.8) is 0 Å². The van der Waals surface area contributed by atoms with Crippen LogP contribution in [-0.2, 0) is 4.74 Å². The Morgan fingerprint density at radius 1 is 1.11 bits per heavy atom. The smallest absolute Gasteiger partial charge is 0.336 e. The van der Waals surface area contributed by atoms with E-state index in [1.54, 1.807) is 12.1 Å². The Morgan fingerprint density at radius 3 is 2.57 bits per heavy atom. The molecule has 1 fully saturated rings. The molecule has 2 heterocycles. The van der Waals surface area contributed by atoms with Crippen LogP contribution in [0.25, 0.3) is 11.0 Å². The van der Waals surface area contributed by atoms with Crippen molar-refractivity contribution in [2.45, 2.75) is 65.1 Å². The van der Waals surface area contributed by atoms with Crippen molar-refractivity contribution in [3.05, 3.63) is 64.1 Å². The number of benzene rings is 1. The summed E-state index contributed by atoms with van der Waals surface area (Å²) in [4.78, 5) is 11.3. The molecule has 1 aromatic carbocycles. The summed E-state index contributed by atoms with van der Waals surface area (Å²) in [5, 5.41) is 0.887. The largest absolute Gasteiger partial charge is 0.489 e. The van der Waals surface area contributed by atoms with Crippen LogP contribution < -0.4 is 10.4 Å². The van der Waals surface area contributed by atoms with Crippen LogP contribution in [0.15, 0.2) is 62.8 Å². The van der Waals surface area contributed by atoms with Gasteiger partial charge in [0.15, 0.2) is 0 Å². The van der Waals surface area contributed by atoms with Gasteiger partial charge in [0.2, 0.25) is 0 Å². The fraction of sp³-hybridized carbons (Fsp3) is 0.458. The maximum Gasteiger partial charge on any atom is 0.336 e. The molecule has 1 aliphatic heterocycles. The highest BCUT2D eigenvalue weighted by Gasteiger charge is 2.46. The first-order chi connectivity index (χ1) is 13.3. The van der Waals surface area contributed by atoms with E-state index < -0.39 is 0 Å². The molecule has 1 aliphatic rings. The molecule has 4 nitrogen and oxygen atoms in total. The first kappa shape index (κ1) is 20.4. The summed E-state index contributed by atoms with van der Waals surface area (Å²) in [7, 11) is 0. The highest BCUT2D eigenvalue weighted by Crippen LogP contribution is 2.38. The van der Waals surface area contributed by atoms with Gasteiger partial charge in [0.25, 0.3) is 0 Å². The summed E-state index contributed by atoms with van der Waals surface area (Å²) in [6.45, 7) is 9.15. The molecule has 0 spiro atoms. The second kappa shape index (κ2) is 8.78. The highest BCUT2D eigenvalue weighted by atomic mass is 16.6. The lowest BCUT2D eigenvalue weighted by Gasteiger charge is -2.06. The van der Waals surface area contributed by atoms with Crippen LogP contribution in [0.4, 0.5) is 0 Å². The summed E-state index contributed by atoms with van der Waals surface area (Å²) < 4.78 is 16.6. The molecule has 1 unspecified atom stereocenters. The quantitative estimate of drug-likeness (QED) is 0.312. The number of fused-ring (bicyclic) bond motifs is 1. The van der Waals surface area contributed by atoms with Crippen molar-refractivity contribution in [1.82, 2.24) is 0 Å². The van der Waals surface area contributed by atoms with Crippen molar-refractivity contribution in [3.8, 4) is 5.75 Å². The van der Waals surface area contributed by atoms with Crippen molar-refractivity contribution in [2.24, 2.45) is 0 Å². The number of hydrogen-bond donors (Lipinski definition) is 0. The van der Waals surface area contributed by atoms with Crippen LogP contribution in [0.1, 0.15) is 53.4 Å². The fourth-order valence-electron chi connectivity index (χ4n) is 3.26. The number of epoxide rings is 1. The number of allylic oxidation sites excluding steroid dienone is 3. The first-order valence-electron chi connectivity index (χ1n) is 9.99. The fourth-order valence-corrected chi connectivity index (χ4v) is 3.26. The van der Waals surface area contributed by atoms with Gasteiger partial charge in [0.05, 0.1) is 11.7 Å². The van der Waals surface area contributed by atoms with E-state index in [0.29, 0.717) is 24.0 Å². The van der Waals surface area contributed by atoms with Crippen LogP contribution >= 0.6 is 0 Å². The van der Waals surface area contributed by atoms with E-state index in [4.69, 9.17) is 13.9 Å². The van der Waals surface area contributed by atoms with Gasteiger partial charge in [-0.05, 0) is 77.7 Å². The molecule has 2 aromatic rings. The molecule has 0 radical (unpaired) electrons. The normalized spacial score (nSPS) is 19.1. The summed E-state index contributed by atoms with van der Waals surface area (Å²) in [6.07, 6.45) is 9.16. The molecule has 0 bridgehead atoms. The number of hydrogen-bond acceptors (Lipinski definition) is 4. The SMILES string of the molecule is C/C(=C\COc1ccc2ccc(=O)oc2c1)CC/C=C(\C)CCC1OC1(C)C. The zero-order valence-electron chi connectivity index (χ0n) is 17.3. The Bertz CT molecular complexity index is 933.